The minimum atomic E-state index is -0.0384. The fourth-order valence-corrected chi connectivity index (χ4v) is 4.33. The third kappa shape index (κ3) is 5.12. The molecule has 2 N–H and O–H groups in total. The molecule has 2 fully saturated rings. The zero-order valence-corrected chi connectivity index (χ0v) is 17.3. The smallest absolute Gasteiger partial charge is 0.317 e. The molecule has 0 aliphatic carbocycles. The molecule has 6 heteroatoms. The molecule has 2 heterocycles. The number of para-hydroxylation sites is 2. The van der Waals surface area contributed by atoms with Crippen molar-refractivity contribution >= 4 is 23.3 Å². The molecule has 2 aliphatic rings. The maximum atomic E-state index is 12.6. The summed E-state index contributed by atoms with van der Waals surface area (Å²) in [6, 6.07) is 20.0. The van der Waals surface area contributed by atoms with Crippen molar-refractivity contribution in [1.82, 2.24) is 10.2 Å². The molecule has 30 heavy (non-hydrogen) atoms. The standard InChI is InChI=1S/C24H30N4O2/c29-23(26-21-7-3-1-4-8-21)20-12-15-27(16-13-20)24(30)25-17-19-11-14-28(18-19)22-9-5-2-6-10-22/h1-10,19-20H,11-18H2,(H,25,30)(H,26,29). The quantitative estimate of drug-likeness (QED) is 0.798. The molecule has 2 aliphatic heterocycles. The van der Waals surface area contributed by atoms with Crippen molar-refractivity contribution in [2.75, 3.05) is 42.9 Å². The lowest BCUT2D eigenvalue weighted by Gasteiger charge is -2.31. The summed E-state index contributed by atoms with van der Waals surface area (Å²) < 4.78 is 0. The van der Waals surface area contributed by atoms with Crippen LogP contribution in [-0.2, 0) is 4.79 Å². The van der Waals surface area contributed by atoms with E-state index in [-0.39, 0.29) is 17.9 Å². The topological polar surface area (TPSA) is 64.7 Å². The molecule has 0 spiro atoms. The first-order valence-electron chi connectivity index (χ1n) is 10.9. The summed E-state index contributed by atoms with van der Waals surface area (Å²) in [6.45, 7) is 3.97. The molecule has 1 atom stereocenters. The molecular weight excluding hydrogens is 376 g/mol. The minimum absolute atomic E-state index is 0.00456. The normalized spacial score (nSPS) is 19.5. The number of urea groups is 1. The van der Waals surface area contributed by atoms with Gasteiger partial charge in [0.15, 0.2) is 0 Å². The number of hydrogen-bond acceptors (Lipinski definition) is 3. The maximum Gasteiger partial charge on any atom is 0.317 e. The first-order chi connectivity index (χ1) is 14.7. The number of carbonyl (C=O) groups excluding carboxylic acids is 2. The largest absolute Gasteiger partial charge is 0.371 e. The van der Waals surface area contributed by atoms with E-state index >= 15 is 0 Å². The summed E-state index contributed by atoms with van der Waals surface area (Å²) in [7, 11) is 0. The van der Waals surface area contributed by atoms with Crippen molar-refractivity contribution in [3.8, 4) is 0 Å². The number of anilines is 2. The van der Waals surface area contributed by atoms with E-state index in [0.29, 0.717) is 38.4 Å². The van der Waals surface area contributed by atoms with Crippen LogP contribution in [0.25, 0.3) is 0 Å². The lowest BCUT2D eigenvalue weighted by Crippen LogP contribution is -2.47. The van der Waals surface area contributed by atoms with Gasteiger partial charge < -0.3 is 20.4 Å². The van der Waals surface area contributed by atoms with Crippen LogP contribution in [0.3, 0.4) is 0 Å². The Balaban J connectivity index is 1.17. The number of nitrogens with zero attached hydrogens (tertiary/aromatic N) is 2. The highest BCUT2D eigenvalue weighted by atomic mass is 16.2. The van der Waals surface area contributed by atoms with Crippen molar-refractivity contribution < 1.29 is 9.59 Å². The molecular formula is C24H30N4O2. The Morgan fingerprint density at radius 1 is 0.867 bits per heavy atom. The Kier molecular flexibility index (Phi) is 6.52. The SMILES string of the molecule is O=C(Nc1ccccc1)C1CCN(C(=O)NCC2CCN(c3ccccc3)C2)CC1. The van der Waals surface area contributed by atoms with Crippen molar-refractivity contribution in [2.24, 2.45) is 11.8 Å². The van der Waals surface area contributed by atoms with Crippen LogP contribution in [0.2, 0.25) is 0 Å². The molecule has 0 saturated carbocycles. The molecule has 3 amide bonds. The average molecular weight is 407 g/mol. The predicted molar refractivity (Wildman–Crippen MR) is 120 cm³/mol. The van der Waals surface area contributed by atoms with Gasteiger partial charge in [0, 0.05) is 50.0 Å². The first kappa shape index (κ1) is 20.3. The molecule has 0 radical (unpaired) electrons. The third-order valence-electron chi connectivity index (χ3n) is 6.14. The van der Waals surface area contributed by atoms with Crippen molar-refractivity contribution in [2.45, 2.75) is 19.3 Å². The number of hydrogen-bond donors (Lipinski definition) is 2. The lowest BCUT2D eigenvalue weighted by molar-refractivity contribution is -0.121. The molecule has 2 aromatic rings. The fourth-order valence-electron chi connectivity index (χ4n) is 4.33. The van der Waals surface area contributed by atoms with Gasteiger partial charge in [-0.05, 0) is 49.4 Å². The number of amides is 3. The molecule has 1 unspecified atom stereocenters. The molecule has 0 aromatic heterocycles. The fraction of sp³-hybridized carbons (Fsp3) is 0.417. The minimum Gasteiger partial charge on any atom is -0.371 e. The average Bonchev–Trinajstić information content (AvgIpc) is 3.28. The van der Waals surface area contributed by atoms with E-state index in [1.54, 1.807) is 0 Å². The van der Waals surface area contributed by atoms with Crippen LogP contribution in [0.1, 0.15) is 19.3 Å². The highest BCUT2D eigenvalue weighted by molar-refractivity contribution is 5.92. The Hall–Kier alpha value is -3.02. The van der Waals surface area contributed by atoms with E-state index in [9.17, 15) is 9.59 Å². The number of rotatable bonds is 5. The number of nitrogens with one attached hydrogen (secondary N) is 2. The maximum absolute atomic E-state index is 12.6. The highest BCUT2D eigenvalue weighted by Crippen LogP contribution is 2.23. The number of benzene rings is 2. The highest BCUT2D eigenvalue weighted by Gasteiger charge is 2.28. The summed E-state index contributed by atoms with van der Waals surface area (Å²) in [5.41, 5.74) is 2.07. The number of piperidine rings is 1. The van der Waals surface area contributed by atoms with Gasteiger partial charge >= 0.3 is 6.03 Å². The molecule has 4 rings (SSSR count). The van der Waals surface area contributed by atoms with E-state index in [1.807, 2.05) is 41.3 Å². The van der Waals surface area contributed by atoms with Gasteiger partial charge in [-0.1, -0.05) is 36.4 Å². The van der Waals surface area contributed by atoms with Crippen LogP contribution in [0, 0.1) is 11.8 Å². The van der Waals surface area contributed by atoms with E-state index in [2.05, 4.69) is 39.8 Å². The second kappa shape index (κ2) is 9.65. The van der Waals surface area contributed by atoms with Gasteiger partial charge in [-0.2, -0.15) is 0 Å². The van der Waals surface area contributed by atoms with Gasteiger partial charge in [-0.25, -0.2) is 4.79 Å². The molecule has 2 aromatic carbocycles. The summed E-state index contributed by atoms with van der Waals surface area (Å²) in [5.74, 6) is 0.486. The van der Waals surface area contributed by atoms with Crippen molar-refractivity contribution in [3.63, 3.8) is 0 Å². The van der Waals surface area contributed by atoms with Gasteiger partial charge in [0.2, 0.25) is 5.91 Å². The zero-order chi connectivity index (χ0) is 20.8. The third-order valence-corrected chi connectivity index (χ3v) is 6.14. The van der Waals surface area contributed by atoms with Crippen molar-refractivity contribution in [1.29, 1.82) is 0 Å². The Bertz CT molecular complexity index is 835. The molecule has 6 nitrogen and oxygen atoms in total. The van der Waals surface area contributed by atoms with Crippen LogP contribution in [0.15, 0.2) is 60.7 Å². The predicted octanol–water partition coefficient (Wildman–Crippen LogP) is 3.57. The zero-order valence-electron chi connectivity index (χ0n) is 17.3. The van der Waals surface area contributed by atoms with E-state index in [4.69, 9.17) is 0 Å². The monoisotopic (exact) mass is 406 g/mol. The van der Waals surface area contributed by atoms with Gasteiger partial charge in [0.1, 0.15) is 0 Å². The first-order valence-corrected chi connectivity index (χ1v) is 10.9. The van der Waals surface area contributed by atoms with Gasteiger partial charge in [-0.15, -0.1) is 0 Å². The van der Waals surface area contributed by atoms with Gasteiger partial charge in [0.25, 0.3) is 0 Å². The van der Waals surface area contributed by atoms with Crippen LogP contribution < -0.4 is 15.5 Å². The molecule has 158 valence electrons. The molecule has 2 saturated heterocycles. The van der Waals surface area contributed by atoms with Crippen LogP contribution >= 0.6 is 0 Å². The van der Waals surface area contributed by atoms with E-state index in [0.717, 1.165) is 25.2 Å². The van der Waals surface area contributed by atoms with Gasteiger partial charge in [0.05, 0.1) is 0 Å². The Morgan fingerprint density at radius 3 is 2.23 bits per heavy atom. The second-order valence-electron chi connectivity index (χ2n) is 8.24. The summed E-state index contributed by atoms with van der Waals surface area (Å²) in [4.78, 5) is 29.3. The Morgan fingerprint density at radius 2 is 1.53 bits per heavy atom. The lowest BCUT2D eigenvalue weighted by atomic mass is 9.96. The summed E-state index contributed by atoms with van der Waals surface area (Å²) in [6.07, 6.45) is 2.51. The summed E-state index contributed by atoms with van der Waals surface area (Å²) in [5, 5.41) is 6.08. The number of likely N-dealkylation sites (tertiary alicyclic amines) is 1. The van der Waals surface area contributed by atoms with E-state index in [1.165, 1.54) is 5.69 Å². The summed E-state index contributed by atoms with van der Waals surface area (Å²) >= 11 is 0. The number of carbonyl (C=O) groups is 2. The van der Waals surface area contributed by atoms with Crippen LogP contribution in [0.5, 0.6) is 0 Å². The molecule has 0 bridgehead atoms. The van der Waals surface area contributed by atoms with Crippen molar-refractivity contribution in [3.05, 3.63) is 60.7 Å². The Labute approximate surface area is 178 Å². The van der Waals surface area contributed by atoms with E-state index < -0.39 is 0 Å². The van der Waals surface area contributed by atoms with Gasteiger partial charge in [-0.3, -0.25) is 4.79 Å². The van der Waals surface area contributed by atoms with Crippen LogP contribution in [-0.4, -0.2) is 49.6 Å². The van der Waals surface area contributed by atoms with Crippen LogP contribution in [0.4, 0.5) is 16.2 Å². The second-order valence-corrected chi connectivity index (χ2v) is 8.24.